The fourth-order valence-corrected chi connectivity index (χ4v) is 2.80. The standard InChI is InChI=1S/C19H21N5O/c1-11-6-7-16(12(2)8-11)18(25)22-17-10-15(5)23-24(17)19-20-13(3)9-14(4)21-19/h6-10H,1-5H3,(H,22,25). The van der Waals surface area contributed by atoms with Gasteiger partial charge in [0.15, 0.2) is 0 Å². The summed E-state index contributed by atoms with van der Waals surface area (Å²) in [6.45, 7) is 9.61. The van der Waals surface area contributed by atoms with Crippen LogP contribution in [0.3, 0.4) is 0 Å². The van der Waals surface area contributed by atoms with E-state index in [-0.39, 0.29) is 5.91 Å². The van der Waals surface area contributed by atoms with Crippen molar-refractivity contribution in [2.75, 3.05) is 5.32 Å². The van der Waals surface area contributed by atoms with Crippen LogP contribution in [0.5, 0.6) is 0 Å². The first kappa shape index (κ1) is 16.8. The maximum Gasteiger partial charge on any atom is 0.257 e. The zero-order chi connectivity index (χ0) is 18.1. The average Bonchev–Trinajstić information content (AvgIpc) is 2.86. The smallest absolute Gasteiger partial charge is 0.257 e. The van der Waals surface area contributed by atoms with Gasteiger partial charge in [0.25, 0.3) is 11.9 Å². The molecule has 0 unspecified atom stereocenters. The van der Waals surface area contributed by atoms with E-state index >= 15 is 0 Å². The minimum atomic E-state index is -0.178. The molecule has 25 heavy (non-hydrogen) atoms. The van der Waals surface area contributed by atoms with E-state index in [2.05, 4.69) is 20.4 Å². The summed E-state index contributed by atoms with van der Waals surface area (Å²) in [7, 11) is 0. The van der Waals surface area contributed by atoms with Gasteiger partial charge in [-0.15, -0.1) is 0 Å². The fraction of sp³-hybridized carbons (Fsp3) is 0.263. The predicted molar refractivity (Wildman–Crippen MR) is 97.2 cm³/mol. The topological polar surface area (TPSA) is 72.7 Å². The van der Waals surface area contributed by atoms with Crippen molar-refractivity contribution in [1.82, 2.24) is 19.7 Å². The molecule has 0 aliphatic carbocycles. The molecule has 128 valence electrons. The molecule has 1 amide bonds. The number of rotatable bonds is 3. The molecule has 1 aromatic carbocycles. The van der Waals surface area contributed by atoms with Crippen LogP contribution in [0.4, 0.5) is 5.82 Å². The van der Waals surface area contributed by atoms with Gasteiger partial charge in [0.1, 0.15) is 5.82 Å². The summed E-state index contributed by atoms with van der Waals surface area (Å²) in [5.74, 6) is 0.817. The first-order valence-corrected chi connectivity index (χ1v) is 8.11. The molecule has 0 atom stereocenters. The van der Waals surface area contributed by atoms with Crippen LogP contribution in [0.2, 0.25) is 0 Å². The zero-order valence-electron chi connectivity index (χ0n) is 15.1. The molecule has 0 spiro atoms. The number of hydrogen-bond acceptors (Lipinski definition) is 4. The van der Waals surface area contributed by atoms with E-state index in [1.54, 1.807) is 4.68 Å². The van der Waals surface area contributed by atoms with Crippen molar-refractivity contribution in [1.29, 1.82) is 0 Å². The molecule has 3 aromatic rings. The van der Waals surface area contributed by atoms with Crippen LogP contribution >= 0.6 is 0 Å². The maximum atomic E-state index is 12.7. The third kappa shape index (κ3) is 3.57. The van der Waals surface area contributed by atoms with E-state index in [4.69, 9.17) is 0 Å². The highest BCUT2D eigenvalue weighted by atomic mass is 16.1. The van der Waals surface area contributed by atoms with E-state index in [1.165, 1.54) is 0 Å². The molecule has 0 radical (unpaired) electrons. The van der Waals surface area contributed by atoms with Crippen molar-refractivity contribution < 1.29 is 4.79 Å². The number of nitrogens with zero attached hydrogens (tertiary/aromatic N) is 4. The normalized spacial score (nSPS) is 10.8. The Morgan fingerprint density at radius 1 is 0.920 bits per heavy atom. The molecule has 2 aromatic heterocycles. The van der Waals surface area contributed by atoms with E-state index in [1.807, 2.05) is 65.0 Å². The predicted octanol–water partition coefficient (Wildman–Crippen LogP) is 3.46. The molecule has 6 heteroatoms. The van der Waals surface area contributed by atoms with Crippen LogP contribution in [0.25, 0.3) is 5.95 Å². The van der Waals surface area contributed by atoms with Gasteiger partial charge in [-0.1, -0.05) is 17.7 Å². The number of carbonyl (C=O) groups excluding carboxylic acids is 1. The Kier molecular flexibility index (Phi) is 4.35. The number of aromatic nitrogens is 4. The Hall–Kier alpha value is -3.02. The van der Waals surface area contributed by atoms with Crippen LogP contribution < -0.4 is 5.32 Å². The molecule has 0 aliphatic rings. The molecular formula is C19H21N5O. The van der Waals surface area contributed by atoms with Crippen molar-refractivity contribution in [2.45, 2.75) is 34.6 Å². The molecular weight excluding hydrogens is 314 g/mol. The second-order valence-corrected chi connectivity index (χ2v) is 6.31. The van der Waals surface area contributed by atoms with Crippen LogP contribution in [-0.2, 0) is 0 Å². The third-order valence-corrected chi connectivity index (χ3v) is 3.86. The number of aryl methyl sites for hydroxylation is 5. The lowest BCUT2D eigenvalue weighted by Gasteiger charge is -2.10. The van der Waals surface area contributed by atoms with Gasteiger partial charge in [0.2, 0.25) is 0 Å². The number of nitrogens with one attached hydrogen (secondary N) is 1. The van der Waals surface area contributed by atoms with Crippen LogP contribution in [0.1, 0.15) is 38.6 Å². The largest absolute Gasteiger partial charge is 0.306 e. The lowest BCUT2D eigenvalue weighted by atomic mass is 10.1. The molecule has 3 rings (SSSR count). The number of amides is 1. The molecule has 0 aliphatic heterocycles. The highest BCUT2D eigenvalue weighted by Gasteiger charge is 2.16. The average molecular weight is 335 g/mol. The molecule has 0 fully saturated rings. The first-order valence-electron chi connectivity index (χ1n) is 8.11. The van der Waals surface area contributed by atoms with E-state index in [9.17, 15) is 4.79 Å². The minimum absolute atomic E-state index is 0.178. The van der Waals surface area contributed by atoms with Crippen LogP contribution in [0, 0.1) is 34.6 Å². The first-order chi connectivity index (χ1) is 11.8. The molecule has 0 saturated heterocycles. The van der Waals surface area contributed by atoms with Gasteiger partial charge in [-0.25, -0.2) is 9.97 Å². The lowest BCUT2D eigenvalue weighted by Crippen LogP contribution is -2.17. The Balaban J connectivity index is 1.97. The summed E-state index contributed by atoms with van der Waals surface area (Å²) in [6.07, 6.45) is 0. The number of carbonyl (C=O) groups is 1. The number of benzene rings is 1. The Labute approximate surface area is 146 Å². The monoisotopic (exact) mass is 335 g/mol. The van der Waals surface area contributed by atoms with E-state index in [0.717, 1.165) is 28.2 Å². The SMILES string of the molecule is Cc1ccc(C(=O)Nc2cc(C)nn2-c2nc(C)cc(C)n2)c(C)c1. The van der Waals surface area contributed by atoms with Gasteiger partial charge in [0, 0.05) is 23.0 Å². The van der Waals surface area contributed by atoms with Gasteiger partial charge in [-0.05, 0) is 52.3 Å². The molecule has 1 N–H and O–H groups in total. The number of anilines is 1. The molecule has 0 saturated carbocycles. The van der Waals surface area contributed by atoms with Crippen molar-refractivity contribution in [3.05, 3.63) is 64.1 Å². The minimum Gasteiger partial charge on any atom is -0.306 e. The van der Waals surface area contributed by atoms with Crippen LogP contribution in [0.15, 0.2) is 30.3 Å². The summed E-state index contributed by atoms with van der Waals surface area (Å²) >= 11 is 0. The van der Waals surface area contributed by atoms with Crippen molar-refractivity contribution in [3.8, 4) is 5.95 Å². The summed E-state index contributed by atoms with van der Waals surface area (Å²) < 4.78 is 1.57. The van der Waals surface area contributed by atoms with Gasteiger partial charge < -0.3 is 5.32 Å². The molecule has 6 nitrogen and oxygen atoms in total. The van der Waals surface area contributed by atoms with Crippen molar-refractivity contribution in [3.63, 3.8) is 0 Å². The second kappa shape index (κ2) is 6.47. The quantitative estimate of drug-likeness (QED) is 0.795. The maximum absolute atomic E-state index is 12.7. The second-order valence-electron chi connectivity index (χ2n) is 6.31. The summed E-state index contributed by atoms with van der Waals surface area (Å²) in [5, 5.41) is 7.35. The summed E-state index contributed by atoms with van der Waals surface area (Å²) in [5.41, 5.74) is 5.17. The van der Waals surface area contributed by atoms with Gasteiger partial charge in [-0.3, -0.25) is 4.79 Å². The molecule has 0 bridgehead atoms. The Bertz CT molecular complexity index is 938. The summed E-state index contributed by atoms with van der Waals surface area (Å²) in [4.78, 5) is 21.5. The van der Waals surface area contributed by atoms with Crippen molar-refractivity contribution in [2.24, 2.45) is 0 Å². The van der Waals surface area contributed by atoms with Crippen LogP contribution in [-0.4, -0.2) is 25.7 Å². The Morgan fingerprint density at radius 2 is 1.60 bits per heavy atom. The third-order valence-electron chi connectivity index (χ3n) is 3.86. The van der Waals surface area contributed by atoms with Gasteiger partial charge in [0.05, 0.1) is 5.69 Å². The van der Waals surface area contributed by atoms with Gasteiger partial charge >= 0.3 is 0 Å². The lowest BCUT2D eigenvalue weighted by molar-refractivity contribution is 0.102. The Morgan fingerprint density at radius 3 is 2.24 bits per heavy atom. The highest BCUT2D eigenvalue weighted by Crippen LogP contribution is 2.18. The van der Waals surface area contributed by atoms with Gasteiger partial charge in [-0.2, -0.15) is 9.78 Å². The zero-order valence-corrected chi connectivity index (χ0v) is 15.1. The van der Waals surface area contributed by atoms with E-state index < -0.39 is 0 Å². The molecule has 2 heterocycles. The van der Waals surface area contributed by atoms with E-state index in [0.29, 0.717) is 17.3 Å². The number of hydrogen-bond donors (Lipinski definition) is 1. The fourth-order valence-electron chi connectivity index (χ4n) is 2.80. The van der Waals surface area contributed by atoms with Crippen molar-refractivity contribution >= 4 is 11.7 Å². The summed E-state index contributed by atoms with van der Waals surface area (Å²) in [6, 6.07) is 9.46. The highest BCUT2D eigenvalue weighted by molar-refractivity contribution is 6.05.